The molecule has 104 valence electrons. The van der Waals surface area contributed by atoms with Gasteiger partial charge in [-0.3, -0.25) is 4.79 Å². The Morgan fingerprint density at radius 3 is 2.65 bits per heavy atom. The van der Waals surface area contributed by atoms with Gasteiger partial charge < -0.3 is 11.1 Å². The van der Waals surface area contributed by atoms with Crippen LogP contribution < -0.4 is 11.1 Å². The Morgan fingerprint density at radius 1 is 1.30 bits per heavy atom. The van der Waals surface area contributed by atoms with Crippen LogP contribution in [0.15, 0.2) is 46.9 Å². The summed E-state index contributed by atoms with van der Waals surface area (Å²) in [5.41, 5.74) is 6.03. The molecule has 0 spiro atoms. The van der Waals surface area contributed by atoms with Crippen LogP contribution in [0, 0.1) is 5.82 Å². The Kier molecular flexibility index (Phi) is 4.62. The number of para-hydroxylation sites is 1. The van der Waals surface area contributed by atoms with Gasteiger partial charge in [0.15, 0.2) is 0 Å². The van der Waals surface area contributed by atoms with E-state index in [1.807, 2.05) is 0 Å². The quantitative estimate of drug-likeness (QED) is 0.872. The van der Waals surface area contributed by atoms with Crippen molar-refractivity contribution in [2.24, 2.45) is 5.73 Å². The SMILES string of the molecule is NC(=O)C(Nc1ccccc1Cl)c1cc(Br)ccc1F. The zero-order valence-corrected chi connectivity index (χ0v) is 12.6. The number of carbonyl (C=O) groups excluding carboxylic acids is 1. The monoisotopic (exact) mass is 356 g/mol. The van der Waals surface area contributed by atoms with Crippen molar-refractivity contribution in [1.82, 2.24) is 0 Å². The third-order valence-electron chi connectivity index (χ3n) is 2.73. The number of carbonyl (C=O) groups is 1. The Bertz CT molecular complexity index is 651. The molecule has 3 N–H and O–H groups in total. The lowest BCUT2D eigenvalue weighted by Gasteiger charge is -2.18. The number of nitrogens with two attached hydrogens (primary N) is 1. The lowest BCUT2D eigenvalue weighted by Crippen LogP contribution is -2.28. The highest BCUT2D eigenvalue weighted by Gasteiger charge is 2.22. The average Bonchev–Trinajstić information content (AvgIpc) is 2.40. The van der Waals surface area contributed by atoms with Gasteiger partial charge in [-0.05, 0) is 30.3 Å². The summed E-state index contributed by atoms with van der Waals surface area (Å²) >= 11 is 9.25. The molecule has 0 fully saturated rings. The van der Waals surface area contributed by atoms with Crippen LogP contribution in [0.2, 0.25) is 5.02 Å². The first kappa shape index (κ1) is 14.8. The molecule has 0 aliphatic rings. The van der Waals surface area contributed by atoms with Gasteiger partial charge >= 0.3 is 0 Å². The second-order valence-electron chi connectivity index (χ2n) is 4.13. The predicted molar refractivity (Wildman–Crippen MR) is 81.1 cm³/mol. The molecular formula is C14H11BrClFN2O. The molecule has 2 aromatic carbocycles. The van der Waals surface area contributed by atoms with Crippen LogP contribution in [-0.4, -0.2) is 5.91 Å². The van der Waals surface area contributed by atoms with Crippen LogP contribution in [0.4, 0.5) is 10.1 Å². The van der Waals surface area contributed by atoms with Gasteiger partial charge in [-0.25, -0.2) is 4.39 Å². The van der Waals surface area contributed by atoms with Crippen LogP contribution in [0.5, 0.6) is 0 Å². The number of hydrogen-bond donors (Lipinski definition) is 2. The summed E-state index contributed by atoms with van der Waals surface area (Å²) in [5, 5.41) is 3.29. The second kappa shape index (κ2) is 6.24. The molecule has 6 heteroatoms. The number of amides is 1. The van der Waals surface area contributed by atoms with Crippen LogP contribution in [0.25, 0.3) is 0 Å². The van der Waals surface area contributed by atoms with Crippen LogP contribution in [0.1, 0.15) is 11.6 Å². The highest BCUT2D eigenvalue weighted by atomic mass is 79.9. The van der Waals surface area contributed by atoms with Crippen molar-refractivity contribution in [2.45, 2.75) is 6.04 Å². The van der Waals surface area contributed by atoms with Crippen molar-refractivity contribution < 1.29 is 9.18 Å². The molecule has 1 atom stereocenters. The van der Waals surface area contributed by atoms with Gasteiger partial charge in [-0.1, -0.05) is 39.7 Å². The van der Waals surface area contributed by atoms with E-state index in [1.165, 1.54) is 12.1 Å². The van der Waals surface area contributed by atoms with Crippen molar-refractivity contribution >= 4 is 39.1 Å². The molecule has 0 aliphatic carbocycles. The smallest absolute Gasteiger partial charge is 0.244 e. The zero-order valence-electron chi connectivity index (χ0n) is 10.2. The lowest BCUT2D eigenvalue weighted by molar-refractivity contribution is -0.118. The number of hydrogen-bond acceptors (Lipinski definition) is 2. The highest BCUT2D eigenvalue weighted by molar-refractivity contribution is 9.10. The van der Waals surface area contributed by atoms with Gasteiger partial charge in [-0.15, -0.1) is 0 Å². The minimum absolute atomic E-state index is 0.159. The van der Waals surface area contributed by atoms with Gasteiger partial charge in [0, 0.05) is 10.0 Å². The van der Waals surface area contributed by atoms with E-state index in [-0.39, 0.29) is 5.56 Å². The van der Waals surface area contributed by atoms with Gasteiger partial charge in [-0.2, -0.15) is 0 Å². The number of rotatable bonds is 4. The average molecular weight is 358 g/mol. The molecule has 20 heavy (non-hydrogen) atoms. The highest BCUT2D eigenvalue weighted by Crippen LogP contribution is 2.28. The van der Waals surface area contributed by atoms with Gasteiger partial charge in [0.1, 0.15) is 11.9 Å². The van der Waals surface area contributed by atoms with Crippen molar-refractivity contribution in [1.29, 1.82) is 0 Å². The number of primary amides is 1. The maximum atomic E-state index is 13.9. The molecular weight excluding hydrogens is 347 g/mol. The molecule has 0 radical (unpaired) electrons. The van der Waals surface area contributed by atoms with E-state index in [1.54, 1.807) is 30.3 Å². The van der Waals surface area contributed by atoms with E-state index in [0.717, 1.165) is 0 Å². The summed E-state index contributed by atoms with van der Waals surface area (Å²) in [6.07, 6.45) is 0. The van der Waals surface area contributed by atoms with E-state index >= 15 is 0 Å². The molecule has 0 saturated carbocycles. The first-order valence-corrected chi connectivity index (χ1v) is 6.91. The third-order valence-corrected chi connectivity index (χ3v) is 3.55. The third kappa shape index (κ3) is 3.29. The first-order valence-electron chi connectivity index (χ1n) is 5.74. The molecule has 2 rings (SSSR count). The zero-order chi connectivity index (χ0) is 14.7. The summed E-state index contributed by atoms with van der Waals surface area (Å²) in [4.78, 5) is 11.6. The van der Waals surface area contributed by atoms with Crippen LogP contribution in [-0.2, 0) is 4.79 Å². The largest absolute Gasteiger partial charge is 0.369 e. The van der Waals surface area contributed by atoms with E-state index < -0.39 is 17.8 Å². The van der Waals surface area contributed by atoms with Crippen molar-refractivity contribution in [3.05, 3.63) is 63.3 Å². The molecule has 0 bridgehead atoms. The van der Waals surface area contributed by atoms with Gasteiger partial charge in [0.05, 0.1) is 10.7 Å². The molecule has 3 nitrogen and oxygen atoms in total. The van der Waals surface area contributed by atoms with E-state index in [9.17, 15) is 9.18 Å². The van der Waals surface area contributed by atoms with E-state index in [4.69, 9.17) is 17.3 Å². The van der Waals surface area contributed by atoms with Crippen molar-refractivity contribution in [2.75, 3.05) is 5.32 Å². The van der Waals surface area contributed by atoms with Crippen LogP contribution >= 0.6 is 27.5 Å². The molecule has 0 saturated heterocycles. The van der Waals surface area contributed by atoms with E-state index in [0.29, 0.717) is 15.2 Å². The van der Waals surface area contributed by atoms with Gasteiger partial charge in [0.2, 0.25) is 5.91 Å². The predicted octanol–water partition coefficient (Wildman–Crippen LogP) is 3.88. The Labute approximate surface area is 129 Å². The summed E-state index contributed by atoms with van der Waals surface area (Å²) in [7, 11) is 0. The maximum absolute atomic E-state index is 13.9. The standard InChI is InChI=1S/C14H11BrClFN2O/c15-8-5-6-11(17)9(7-8)13(14(18)20)19-12-4-2-1-3-10(12)16/h1-7,13,19H,(H2,18,20). The fourth-order valence-corrected chi connectivity index (χ4v) is 2.34. The second-order valence-corrected chi connectivity index (χ2v) is 5.45. The fraction of sp³-hybridized carbons (Fsp3) is 0.0714. The topological polar surface area (TPSA) is 55.1 Å². The summed E-state index contributed by atoms with van der Waals surface area (Å²) in [6.45, 7) is 0. The summed E-state index contributed by atoms with van der Waals surface area (Å²) < 4.78 is 14.5. The van der Waals surface area contributed by atoms with Crippen LogP contribution in [0.3, 0.4) is 0 Å². The number of halogens is 3. The lowest BCUT2D eigenvalue weighted by atomic mass is 10.1. The number of nitrogens with one attached hydrogen (secondary N) is 1. The molecule has 0 aliphatic heterocycles. The Hall–Kier alpha value is -1.59. The van der Waals surface area contributed by atoms with E-state index in [2.05, 4.69) is 21.2 Å². The molecule has 0 aromatic heterocycles. The van der Waals surface area contributed by atoms with Crippen molar-refractivity contribution in [3.63, 3.8) is 0 Å². The summed E-state index contributed by atoms with van der Waals surface area (Å²) in [5.74, 6) is -1.21. The number of benzene rings is 2. The molecule has 1 unspecified atom stereocenters. The fourth-order valence-electron chi connectivity index (χ4n) is 1.77. The van der Waals surface area contributed by atoms with Crippen molar-refractivity contribution in [3.8, 4) is 0 Å². The molecule has 1 amide bonds. The molecule has 2 aromatic rings. The molecule has 0 heterocycles. The summed E-state index contributed by atoms with van der Waals surface area (Å²) in [6, 6.07) is 10.2. The number of anilines is 1. The minimum Gasteiger partial charge on any atom is -0.369 e. The van der Waals surface area contributed by atoms with Gasteiger partial charge in [0.25, 0.3) is 0 Å². The Morgan fingerprint density at radius 2 is 2.00 bits per heavy atom. The minimum atomic E-state index is -1.01. The normalized spacial score (nSPS) is 11.9. The Balaban J connectivity index is 2.40. The maximum Gasteiger partial charge on any atom is 0.244 e. The first-order chi connectivity index (χ1) is 9.49.